The molecule has 0 radical (unpaired) electrons. The van der Waals surface area contributed by atoms with Gasteiger partial charge in [0.2, 0.25) is 5.91 Å². The topological polar surface area (TPSA) is 117 Å². The molecule has 0 saturated carbocycles. The predicted octanol–water partition coefficient (Wildman–Crippen LogP) is 3.08. The molecule has 2 aromatic rings. The summed E-state index contributed by atoms with van der Waals surface area (Å²) in [6, 6.07) is 9.04. The molecular weight excluding hydrogens is 519 g/mol. The molecule has 4 amide bonds. The lowest BCUT2D eigenvalue weighted by Gasteiger charge is -2.17. The van der Waals surface area contributed by atoms with Crippen LogP contribution in [0.25, 0.3) is 0 Å². The number of carbonyl (C=O) groups is 3. The van der Waals surface area contributed by atoms with E-state index in [1.807, 2.05) is 24.3 Å². The number of benzene rings is 2. The van der Waals surface area contributed by atoms with E-state index in [-0.39, 0.29) is 11.7 Å². The molecule has 0 aromatic heterocycles. The summed E-state index contributed by atoms with van der Waals surface area (Å²) in [7, 11) is 0. The fraction of sp³-hybridized carbons (Fsp3) is 0.318. The first-order valence-electron chi connectivity index (χ1n) is 10.3. The molecule has 3 rings (SSSR count). The largest absolute Gasteiger partial charge is 0.416 e. The van der Waals surface area contributed by atoms with Crippen LogP contribution >= 0.6 is 15.9 Å². The van der Waals surface area contributed by atoms with Crippen LogP contribution in [0.1, 0.15) is 27.9 Å². The zero-order chi connectivity index (χ0) is 24.9. The number of anilines is 1. The number of nitrogens with two attached hydrogens (primary N) is 1. The van der Waals surface area contributed by atoms with Gasteiger partial charge in [-0.15, -0.1) is 0 Å². The number of likely N-dealkylation sites (tertiary alicyclic amines) is 1. The number of alkyl halides is 3. The van der Waals surface area contributed by atoms with E-state index in [9.17, 15) is 27.6 Å². The van der Waals surface area contributed by atoms with Crippen LogP contribution in [0.15, 0.2) is 46.9 Å². The minimum atomic E-state index is -4.69. The van der Waals surface area contributed by atoms with Crippen molar-refractivity contribution in [2.75, 3.05) is 25.0 Å². The molecule has 5 N–H and O–H groups in total. The van der Waals surface area contributed by atoms with E-state index in [1.165, 1.54) is 0 Å². The second kappa shape index (κ2) is 10.9. The first-order chi connectivity index (χ1) is 16.0. The van der Waals surface area contributed by atoms with E-state index in [4.69, 9.17) is 5.73 Å². The van der Waals surface area contributed by atoms with Gasteiger partial charge >= 0.3 is 12.2 Å². The Bertz CT molecular complexity index is 1060. The molecule has 0 spiro atoms. The molecular formula is C22H23BrF3N5O3. The Hall–Kier alpha value is -3.12. The molecule has 1 heterocycles. The zero-order valence-electron chi connectivity index (χ0n) is 17.9. The van der Waals surface area contributed by atoms with Crippen LogP contribution in [-0.4, -0.2) is 48.4 Å². The monoisotopic (exact) mass is 541 g/mol. The Morgan fingerprint density at radius 3 is 2.47 bits per heavy atom. The first kappa shape index (κ1) is 25.5. The first-order valence-corrected chi connectivity index (χ1v) is 11.1. The number of halogens is 4. The van der Waals surface area contributed by atoms with Crippen molar-refractivity contribution in [1.82, 2.24) is 15.5 Å². The van der Waals surface area contributed by atoms with Gasteiger partial charge < -0.3 is 21.7 Å². The number of amides is 4. The average Bonchev–Trinajstić information content (AvgIpc) is 3.19. The molecule has 1 aliphatic rings. The van der Waals surface area contributed by atoms with E-state index < -0.39 is 41.7 Å². The van der Waals surface area contributed by atoms with E-state index in [2.05, 4.69) is 36.8 Å². The summed E-state index contributed by atoms with van der Waals surface area (Å²) in [4.78, 5) is 38.1. The number of carbonyl (C=O) groups excluding carboxylic acids is 3. The number of primary amides is 1. The van der Waals surface area contributed by atoms with Gasteiger partial charge in [0.25, 0.3) is 5.91 Å². The Kier molecular flexibility index (Phi) is 8.15. The fourth-order valence-electron chi connectivity index (χ4n) is 3.63. The number of nitrogens with one attached hydrogen (secondary N) is 3. The molecule has 0 bridgehead atoms. The lowest BCUT2D eigenvalue weighted by Crippen LogP contribution is -2.43. The zero-order valence-corrected chi connectivity index (χ0v) is 19.5. The van der Waals surface area contributed by atoms with E-state index in [0.29, 0.717) is 12.6 Å². The van der Waals surface area contributed by atoms with E-state index >= 15 is 0 Å². The number of hydrogen-bond acceptors (Lipinski definition) is 4. The van der Waals surface area contributed by atoms with Gasteiger partial charge in [0, 0.05) is 30.1 Å². The smallest absolute Gasteiger partial charge is 0.351 e. The highest BCUT2D eigenvalue weighted by Crippen LogP contribution is 2.32. The normalized spacial score (nSPS) is 16.2. The summed E-state index contributed by atoms with van der Waals surface area (Å²) >= 11 is 3.40. The van der Waals surface area contributed by atoms with Crippen molar-refractivity contribution >= 4 is 39.5 Å². The fourth-order valence-corrected chi connectivity index (χ4v) is 3.89. The highest BCUT2D eigenvalue weighted by Gasteiger charge is 2.32. The van der Waals surface area contributed by atoms with Gasteiger partial charge in [0.15, 0.2) is 0 Å². The van der Waals surface area contributed by atoms with Crippen LogP contribution in [0.2, 0.25) is 0 Å². The maximum atomic E-state index is 13.0. The van der Waals surface area contributed by atoms with Gasteiger partial charge in [-0.05, 0) is 42.3 Å². The van der Waals surface area contributed by atoms with Crippen LogP contribution < -0.4 is 21.7 Å². The lowest BCUT2D eigenvalue weighted by molar-refractivity contribution is -0.137. The Balaban J connectivity index is 1.54. The van der Waals surface area contributed by atoms with Gasteiger partial charge in [0.05, 0.1) is 23.4 Å². The molecule has 2 aromatic carbocycles. The van der Waals surface area contributed by atoms with Crippen molar-refractivity contribution in [3.05, 3.63) is 63.6 Å². The van der Waals surface area contributed by atoms with Crippen molar-refractivity contribution in [2.24, 2.45) is 5.73 Å². The van der Waals surface area contributed by atoms with Crippen LogP contribution in [0.3, 0.4) is 0 Å². The molecule has 182 valence electrons. The second-order valence-corrected chi connectivity index (χ2v) is 8.76. The number of rotatable bonds is 7. The van der Waals surface area contributed by atoms with Crippen molar-refractivity contribution < 1.29 is 27.6 Å². The van der Waals surface area contributed by atoms with Gasteiger partial charge in [-0.3, -0.25) is 14.5 Å². The summed E-state index contributed by atoms with van der Waals surface area (Å²) in [6.07, 6.45) is -3.96. The number of urea groups is 1. The van der Waals surface area contributed by atoms with Crippen LogP contribution in [0.4, 0.5) is 23.7 Å². The van der Waals surface area contributed by atoms with Gasteiger partial charge in [-0.25, -0.2) is 4.79 Å². The summed E-state index contributed by atoms with van der Waals surface area (Å²) in [6.45, 7) is 1.73. The van der Waals surface area contributed by atoms with Gasteiger partial charge in [-0.2, -0.15) is 13.2 Å². The van der Waals surface area contributed by atoms with Crippen molar-refractivity contribution in [1.29, 1.82) is 0 Å². The molecule has 0 unspecified atom stereocenters. The summed E-state index contributed by atoms with van der Waals surface area (Å²) < 4.78 is 40.1. The molecule has 8 nitrogen and oxygen atoms in total. The Labute approximate surface area is 202 Å². The molecule has 1 aliphatic heterocycles. The molecule has 12 heteroatoms. The SMILES string of the molecule is NC(=O)Nc1ccc(C(F)(F)F)cc1C(=O)NCC(=O)N[C@@H]1CCN(Cc2ccc(Br)cc2)C1. The summed E-state index contributed by atoms with van der Waals surface area (Å²) in [5.74, 6) is -1.42. The van der Waals surface area contributed by atoms with Crippen molar-refractivity contribution in [3.8, 4) is 0 Å². The highest BCUT2D eigenvalue weighted by atomic mass is 79.9. The standard InChI is InChI=1S/C22H23BrF3N5O3/c23-15-4-1-13(2-5-15)11-31-8-7-16(12-31)29-19(32)10-28-20(33)17-9-14(22(24,25)26)3-6-18(17)30-21(27)34/h1-6,9,16H,7-8,10-12H2,(H,28,33)(H,29,32)(H3,27,30,34)/t16-/m1/s1. The molecule has 1 atom stereocenters. The Morgan fingerprint density at radius 2 is 1.82 bits per heavy atom. The maximum Gasteiger partial charge on any atom is 0.416 e. The molecule has 34 heavy (non-hydrogen) atoms. The molecule has 1 saturated heterocycles. The third kappa shape index (κ3) is 7.19. The van der Waals surface area contributed by atoms with Gasteiger partial charge in [-0.1, -0.05) is 28.1 Å². The van der Waals surface area contributed by atoms with E-state index in [1.54, 1.807) is 0 Å². The van der Waals surface area contributed by atoms with Crippen molar-refractivity contribution in [2.45, 2.75) is 25.2 Å². The number of hydrogen-bond donors (Lipinski definition) is 4. The highest BCUT2D eigenvalue weighted by molar-refractivity contribution is 9.10. The average molecular weight is 542 g/mol. The summed E-state index contributed by atoms with van der Waals surface area (Å²) in [5.41, 5.74) is 4.44. The predicted molar refractivity (Wildman–Crippen MR) is 123 cm³/mol. The molecule has 0 aliphatic carbocycles. The second-order valence-electron chi connectivity index (χ2n) is 7.84. The lowest BCUT2D eigenvalue weighted by atomic mass is 10.1. The van der Waals surface area contributed by atoms with Crippen molar-refractivity contribution in [3.63, 3.8) is 0 Å². The number of nitrogens with zero attached hydrogens (tertiary/aromatic N) is 1. The minimum absolute atomic E-state index is 0.111. The van der Waals surface area contributed by atoms with Crippen LogP contribution in [0, 0.1) is 0 Å². The van der Waals surface area contributed by atoms with E-state index in [0.717, 1.165) is 41.7 Å². The summed E-state index contributed by atoms with van der Waals surface area (Å²) in [5, 5.41) is 7.22. The van der Waals surface area contributed by atoms with Crippen LogP contribution in [0.5, 0.6) is 0 Å². The Morgan fingerprint density at radius 1 is 1.12 bits per heavy atom. The van der Waals surface area contributed by atoms with Gasteiger partial charge in [0.1, 0.15) is 0 Å². The third-order valence-corrected chi connectivity index (χ3v) is 5.74. The maximum absolute atomic E-state index is 13.0. The molecule has 1 fully saturated rings. The minimum Gasteiger partial charge on any atom is -0.351 e. The quantitative estimate of drug-likeness (QED) is 0.431. The third-order valence-electron chi connectivity index (χ3n) is 5.22. The van der Waals surface area contributed by atoms with Crippen LogP contribution in [-0.2, 0) is 17.5 Å².